The van der Waals surface area contributed by atoms with Crippen molar-refractivity contribution in [3.05, 3.63) is 59.8 Å². The Labute approximate surface area is 171 Å². The van der Waals surface area contributed by atoms with Gasteiger partial charge in [-0.3, -0.25) is 9.59 Å². The van der Waals surface area contributed by atoms with Gasteiger partial charge >= 0.3 is 0 Å². The van der Waals surface area contributed by atoms with Crippen LogP contribution in [0.15, 0.2) is 53.0 Å². The Bertz CT molecular complexity index is 1090. The van der Waals surface area contributed by atoms with Gasteiger partial charge < -0.3 is 10.2 Å². The molecule has 1 aliphatic rings. The first-order chi connectivity index (χ1) is 13.5. The summed E-state index contributed by atoms with van der Waals surface area (Å²) in [6, 6.07) is 13.3. The molecule has 2 aromatic carbocycles. The van der Waals surface area contributed by atoms with E-state index in [1.54, 1.807) is 34.2 Å². The number of thiazole rings is 1. The summed E-state index contributed by atoms with van der Waals surface area (Å²) in [6.07, 6.45) is 5.86. The lowest BCUT2D eigenvalue weighted by atomic mass is 9.93. The molecule has 1 atom stereocenters. The molecule has 0 aliphatic carbocycles. The van der Waals surface area contributed by atoms with Gasteiger partial charge in [-0.2, -0.15) is 0 Å². The molecule has 142 valence electrons. The number of carbonyl (C=O) groups excluding carboxylic acids is 2. The van der Waals surface area contributed by atoms with Gasteiger partial charge in [0, 0.05) is 18.8 Å². The lowest BCUT2D eigenvalue weighted by Gasteiger charge is -2.32. The van der Waals surface area contributed by atoms with E-state index in [-0.39, 0.29) is 24.3 Å². The van der Waals surface area contributed by atoms with Crippen LogP contribution in [0.2, 0.25) is 0 Å². The zero-order chi connectivity index (χ0) is 19.7. The second-order valence-electron chi connectivity index (χ2n) is 6.51. The van der Waals surface area contributed by atoms with Crippen molar-refractivity contribution >= 4 is 56.9 Å². The van der Waals surface area contributed by atoms with E-state index in [0.29, 0.717) is 0 Å². The maximum atomic E-state index is 12.8. The summed E-state index contributed by atoms with van der Waals surface area (Å²) >= 11 is 3.22. The fourth-order valence-corrected chi connectivity index (χ4v) is 4.90. The van der Waals surface area contributed by atoms with Gasteiger partial charge in [0.25, 0.3) is 0 Å². The molecule has 28 heavy (non-hydrogen) atoms. The molecule has 5 nitrogen and oxygen atoms in total. The quantitative estimate of drug-likeness (QED) is 0.621. The lowest BCUT2D eigenvalue weighted by molar-refractivity contribution is -0.129. The van der Waals surface area contributed by atoms with E-state index >= 15 is 0 Å². The lowest BCUT2D eigenvalue weighted by Crippen LogP contribution is -2.33. The van der Waals surface area contributed by atoms with Gasteiger partial charge in [-0.15, -0.1) is 11.3 Å². The molecule has 4 rings (SSSR count). The zero-order valence-corrected chi connectivity index (χ0v) is 17.1. The molecule has 0 fully saturated rings. The van der Waals surface area contributed by atoms with Crippen LogP contribution in [0.3, 0.4) is 0 Å². The van der Waals surface area contributed by atoms with Gasteiger partial charge in [0.1, 0.15) is 0 Å². The van der Waals surface area contributed by atoms with Crippen molar-refractivity contribution in [1.82, 2.24) is 9.88 Å². The Morgan fingerprint density at radius 2 is 2.07 bits per heavy atom. The number of amides is 2. The molecule has 0 spiro atoms. The Morgan fingerprint density at radius 1 is 1.25 bits per heavy atom. The van der Waals surface area contributed by atoms with Crippen LogP contribution in [0, 0.1) is 0 Å². The molecule has 3 aromatic rings. The highest BCUT2D eigenvalue weighted by atomic mass is 32.2. The van der Waals surface area contributed by atoms with Crippen LogP contribution in [0.25, 0.3) is 16.3 Å². The van der Waals surface area contributed by atoms with Crippen molar-refractivity contribution < 1.29 is 9.59 Å². The second-order valence-corrected chi connectivity index (χ2v) is 8.59. The van der Waals surface area contributed by atoms with Crippen molar-refractivity contribution in [2.45, 2.75) is 23.7 Å². The zero-order valence-electron chi connectivity index (χ0n) is 15.5. The third-order valence-corrected chi connectivity index (χ3v) is 6.68. The van der Waals surface area contributed by atoms with Crippen LogP contribution < -0.4 is 5.32 Å². The van der Waals surface area contributed by atoms with E-state index in [0.717, 1.165) is 31.4 Å². The maximum absolute atomic E-state index is 12.8. The van der Waals surface area contributed by atoms with E-state index in [1.165, 1.54) is 6.92 Å². The van der Waals surface area contributed by atoms with Crippen LogP contribution in [0.4, 0.5) is 5.69 Å². The predicted octanol–water partition coefficient (Wildman–Crippen LogP) is 4.92. The van der Waals surface area contributed by atoms with Gasteiger partial charge in [-0.1, -0.05) is 36.0 Å². The molecular weight excluding hydrogens is 390 g/mol. The number of fused-ring (bicyclic) bond motifs is 2. The molecule has 1 unspecified atom stereocenters. The van der Waals surface area contributed by atoms with Crippen LogP contribution in [0.5, 0.6) is 0 Å². The normalized spacial score (nSPS) is 15.5. The number of carbonyl (C=O) groups is 2. The molecule has 2 heterocycles. The van der Waals surface area contributed by atoms with E-state index < -0.39 is 0 Å². The Balaban J connectivity index is 1.55. The number of aromatic nitrogens is 1. The van der Waals surface area contributed by atoms with E-state index in [9.17, 15) is 9.59 Å². The molecular formula is C21H19N3O2S2. The molecule has 0 radical (unpaired) electrons. The summed E-state index contributed by atoms with van der Waals surface area (Å²) in [7, 11) is 0. The first kappa shape index (κ1) is 18.7. The first-order valence-electron chi connectivity index (χ1n) is 8.85. The number of nitrogens with one attached hydrogen (secondary N) is 1. The van der Waals surface area contributed by atoms with Crippen molar-refractivity contribution in [3.8, 4) is 0 Å². The highest BCUT2D eigenvalue weighted by Gasteiger charge is 2.28. The standard InChI is InChI=1S/C21H19N3O2S2/c1-13(25)24-10-9-14-5-3-4-6-16(14)18(24)12-20(26)22-15-7-8-17-19(11-15)28-21(23-17)27-2/h3-11,18H,12H2,1-2H3,(H,22,26). The average molecular weight is 410 g/mol. The van der Waals surface area contributed by atoms with Gasteiger partial charge in [0.2, 0.25) is 11.8 Å². The third kappa shape index (κ3) is 3.68. The highest BCUT2D eigenvalue weighted by Crippen LogP contribution is 2.34. The number of hydrogen-bond donors (Lipinski definition) is 1. The smallest absolute Gasteiger partial charge is 0.226 e. The summed E-state index contributed by atoms with van der Waals surface area (Å²) in [5.41, 5.74) is 3.69. The Morgan fingerprint density at radius 3 is 2.86 bits per heavy atom. The molecule has 1 aliphatic heterocycles. The van der Waals surface area contributed by atoms with Crippen molar-refractivity contribution in [2.24, 2.45) is 0 Å². The number of benzene rings is 2. The SMILES string of the molecule is CSc1nc2ccc(NC(=O)CC3c4ccccc4C=CN3C(C)=O)cc2s1. The van der Waals surface area contributed by atoms with Gasteiger partial charge in [0.05, 0.1) is 22.7 Å². The van der Waals surface area contributed by atoms with E-state index in [1.807, 2.05) is 54.8 Å². The summed E-state index contributed by atoms with van der Waals surface area (Å²) in [6.45, 7) is 1.52. The minimum Gasteiger partial charge on any atom is -0.326 e. The van der Waals surface area contributed by atoms with Gasteiger partial charge in [-0.05, 0) is 41.7 Å². The highest BCUT2D eigenvalue weighted by molar-refractivity contribution is 8.00. The molecule has 0 bridgehead atoms. The number of thioether (sulfide) groups is 1. The monoisotopic (exact) mass is 409 g/mol. The number of rotatable bonds is 4. The molecule has 1 N–H and O–H groups in total. The van der Waals surface area contributed by atoms with Gasteiger partial charge in [-0.25, -0.2) is 4.98 Å². The number of hydrogen-bond acceptors (Lipinski definition) is 5. The molecule has 1 aromatic heterocycles. The number of anilines is 1. The third-order valence-electron chi connectivity index (χ3n) is 4.68. The minimum absolute atomic E-state index is 0.0840. The topological polar surface area (TPSA) is 62.3 Å². The minimum atomic E-state index is -0.311. The summed E-state index contributed by atoms with van der Waals surface area (Å²) in [4.78, 5) is 31.0. The molecule has 0 saturated carbocycles. The Kier molecular flexibility index (Phi) is 5.19. The molecule has 2 amide bonds. The maximum Gasteiger partial charge on any atom is 0.226 e. The van der Waals surface area contributed by atoms with Gasteiger partial charge in [0.15, 0.2) is 4.34 Å². The van der Waals surface area contributed by atoms with E-state index in [2.05, 4.69) is 10.3 Å². The first-order valence-corrected chi connectivity index (χ1v) is 10.9. The summed E-state index contributed by atoms with van der Waals surface area (Å²) in [5.74, 6) is -0.213. The second kappa shape index (κ2) is 7.77. The van der Waals surface area contributed by atoms with Crippen LogP contribution in [-0.4, -0.2) is 28.0 Å². The largest absolute Gasteiger partial charge is 0.326 e. The van der Waals surface area contributed by atoms with Crippen molar-refractivity contribution in [2.75, 3.05) is 11.6 Å². The summed E-state index contributed by atoms with van der Waals surface area (Å²) < 4.78 is 2.04. The van der Waals surface area contributed by atoms with E-state index in [4.69, 9.17) is 0 Å². The fraction of sp³-hybridized carbons (Fsp3) is 0.190. The molecule has 7 heteroatoms. The van der Waals surface area contributed by atoms with Crippen molar-refractivity contribution in [3.63, 3.8) is 0 Å². The van der Waals surface area contributed by atoms with Crippen LogP contribution in [0.1, 0.15) is 30.5 Å². The Hall–Kier alpha value is -2.64. The fourth-order valence-electron chi connectivity index (χ4n) is 3.37. The average Bonchev–Trinajstić information content (AvgIpc) is 3.10. The predicted molar refractivity (Wildman–Crippen MR) is 115 cm³/mol. The summed E-state index contributed by atoms with van der Waals surface area (Å²) in [5, 5.41) is 2.97. The molecule has 0 saturated heterocycles. The number of nitrogens with zero attached hydrogens (tertiary/aromatic N) is 2. The van der Waals surface area contributed by atoms with Crippen LogP contribution in [-0.2, 0) is 9.59 Å². The van der Waals surface area contributed by atoms with Crippen LogP contribution >= 0.6 is 23.1 Å². The van der Waals surface area contributed by atoms with Crippen molar-refractivity contribution in [1.29, 1.82) is 0 Å².